The molecule has 0 amide bonds. The fraction of sp³-hybridized carbons (Fsp3) is 0.800. The molecule has 0 heterocycles. The highest BCUT2D eigenvalue weighted by molar-refractivity contribution is 5.13. The maximum Gasteiger partial charge on any atom is 0.0763 e. The van der Waals surface area contributed by atoms with Crippen LogP contribution in [0.1, 0.15) is 33.6 Å². The largest absolute Gasteiger partial charge is 0.294 e. The highest BCUT2D eigenvalue weighted by Gasteiger charge is 2.15. The zero-order valence-electron chi connectivity index (χ0n) is 8.36. The first-order valence-corrected chi connectivity index (χ1v) is 4.18. The highest BCUT2D eigenvalue weighted by Crippen LogP contribution is 2.07. The van der Waals surface area contributed by atoms with Crippen molar-refractivity contribution < 1.29 is 0 Å². The van der Waals surface area contributed by atoms with Crippen LogP contribution in [0.2, 0.25) is 0 Å². The van der Waals surface area contributed by atoms with E-state index in [2.05, 4.69) is 51.6 Å². The second kappa shape index (κ2) is 4.41. The molecule has 0 aromatic carbocycles. The first-order valence-electron chi connectivity index (χ1n) is 4.18. The summed E-state index contributed by atoms with van der Waals surface area (Å²) in [6, 6.07) is 0. The zero-order valence-corrected chi connectivity index (χ0v) is 8.36. The maximum atomic E-state index is 3.24. The number of rotatable bonds is 2. The third-order valence-corrected chi connectivity index (χ3v) is 1.89. The Morgan fingerprint density at radius 1 is 1.27 bits per heavy atom. The molecule has 0 rings (SSSR count). The monoisotopic (exact) mass is 153 g/mol. The molecule has 11 heavy (non-hydrogen) atoms. The van der Waals surface area contributed by atoms with E-state index in [9.17, 15) is 0 Å². The quantitative estimate of drug-likeness (QED) is 0.549. The number of hydrogen-bond donors (Lipinski definition) is 0. The summed E-state index contributed by atoms with van der Waals surface area (Å²) in [5.41, 5.74) is 0.0230. The molecule has 0 aliphatic carbocycles. The van der Waals surface area contributed by atoms with Gasteiger partial charge in [0.25, 0.3) is 0 Å². The van der Waals surface area contributed by atoms with E-state index in [-0.39, 0.29) is 5.54 Å². The Balaban J connectivity index is 4.03. The van der Waals surface area contributed by atoms with Gasteiger partial charge in [-0.2, -0.15) is 0 Å². The summed E-state index contributed by atoms with van der Waals surface area (Å²) in [6.45, 7) is 6.42. The van der Waals surface area contributed by atoms with Crippen molar-refractivity contribution in [3.63, 3.8) is 0 Å². The van der Waals surface area contributed by atoms with Crippen molar-refractivity contribution in [3.8, 4) is 11.8 Å². The normalized spacial score (nSPS) is 11.1. The summed E-state index contributed by atoms with van der Waals surface area (Å²) in [5, 5.41) is 0. The van der Waals surface area contributed by atoms with Crippen LogP contribution in [0.4, 0.5) is 0 Å². The van der Waals surface area contributed by atoms with Crippen molar-refractivity contribution in [3.05, 3.63) is 0 Å². The van der Waals surface area contributed by atoms with Crippen molar-refractivity contribution in [2.24, 2.45) is 0 Å². The molecule has 0 bridgehead atoms. The molecule has 0 aromatic rings. The smallest absolute Gasteiger partial charge is 0.0763 e. The first kappa shape index (κ1) is 10.5. The molecule has 1 nitrogen and oxygen atoms in total. The molecular formula is C10H19N. The highest BCUT2D eigenvalue weighted by atomic mass is 15.1. The lowest BCUT2D eigenvalue weighted by Crippen LogP contribution is -2.36. The minimum absolute atomic E-state index is 0.0230. The van der Waals surface area contributed by atoms with Gasteiger partial charge in [-0.25, -0.2) is 0 Å². The third-order valence-electron chi connectivity index (χ3n) is 1.89. The molecule has 0 aliphatic heterocycles. The van der Waals surface area contributed by atoms with Crippen LogP contribution in [-0.2, 0) is 0 Å². The molecule has 0 unspecified atom stereocenters. The van der Waals surface area contributed by atoms with Crippen LogP contribution < -0.4 is 0 Å². The van der Waals surface area contributed by atoms with Crippen LogP contribution in [-0.4, -0.2) is 24.5 Å². The number of hydrogen-bond acceptors (Lipinski definition) is 1. The SMILES string of the molecule is CCCC#CC(C)(C)N(C)C. The molecular weight excluding hydrogens is 134 g/mol. The third kappa shape index (κ3) is 4.06. The van der Waals surface area contributed by atoms with Gasteiger partial charge in [0.15, 0.2) is 0 Å². The molecule has 0 saturated heterocycles. The van der Waals surface area contributed by atoms with Gasteiger partial charge in [0.1, 0.15) is 0 Å². The van der Waals surface area contributed by atoms with Gasteiger partial charge in [-0.1, -0.05) is 12.8 Å². The molecule has 0 saturated carbocycles. The lowest BCUT2D eigenvalue weighted by atomic mass is 10.1. The lowest BCUT2D eigenvalue weighted by molar-refractivity contribution is 0.263. The maximum absolute atomic E-state index is 3.24. The predicted octanol–water partition coefficient (Wildman–Crippen LogP) is 2.13. The minimum atomic E-state index is 0.0230. The van der Waals surface area contributed by atoms with Gasteiger partial charge in [-0.3, -0.25) is 4.90 Å². The van der Waals surface area contributed by atoms with E-state index in [1.807, 2.05) is 0 Å². The summed E-state index contributed by atoms with van der Waals surface area (Å²) >= 11 is 0. The van der Waals surface area contributed by atoms with Crippen LogP contribution in [0.15, 0.2) is 0 Å². The van der Waals surface area contributed by atoms with Crippen molar-refractivity contribution in [2.45, 2.75) is 39.2 Å². The van der Waals surface area contributed by atoms with E-state index in [0.29, 0.717) is 0 Å². The van der Waals surface area contributed by atoms with Crippen LogP contribution in [0, 0.1) is 11.8 Å². The summed E-state index contributed by atoms with van der Waals surface area (Å²) < 4.78 is 0. The van der Waals surface area contributed by atoms with Crippen LogP contribution in [0.5, 0.6) is 0 Å². The predicted molar refractivity (Wildman–Crippen MR) is 50.5 cm³/mol. The molecule has 64 valence electrons. The molecule has 0 aromatic heterocycles. The van der Waals surface area contributed by atoms with Crippen molar-refractivity contribution in [2.75, 3.05) is 14.1 Å². The fourth-order valence-corrected chi connectivity index (χ4v) is 0.516. The van der Waals surface area contributed by atoms with E-state index in [1.54, 1.807) is 0 Å². The zero-order chi connectivity index (χ0) is 8.91. The van der Waals surface area contributed by atoms with E-state index in [1.165, 1.54) is 0 Å². The van der Waals surface area contributed by atoms with E-state index < -0.39 is 0 Å². The van der Waals surface area contributed by atoms with Gasteiger partial charge >= 0.3 is 0 Å². The Kier molecular flexibility index (Phi) is 4.22. The lowest BCUT2D eigenvalue weighted by Gasteiger charge is -2.26. The second-order valence-electron chi connectivity index (χ2n) is 3.51. The van der Waals surface area contributed by atoms with Gasteiger partial charge in [0.2, 0.25) is 0 Å². The number of nitrogens with zero attached hydrogens (tertiary/aromatic N) is 1. The van der Waals surface area contributed by atoms with Crippen molar-refractivity contribution in [1.29, 1.82) is 0 Å². The summed E-state index contributed by atoms with van der Waals surface area (Å²) in [6.07, 6.45) is 2.16. The van der Waals surface area contributed by atoms with Gasteiger partial charge in [0.05, 0.1) is 5.54 Å². The molecule has 0 N–H and O–H groups in total. The Bertz CT molecular complexity index is 157. The van der Waals surface area contributed by atoms with Crippen LogP contribution in [0.3, 0.4) is 0 Å². The van der Waals surface area contributed by atoms with Gasteiger partial charge in [-0.05, 0) is 34.4 Å². The summed E-state index contributed by atoms with van der Waals surface area (Å²) in [7, 11) is 4.11. The van der Waals surface area contributed by atoms with Crippen molar-refractivity contribution in [1.82, 2.24) is 4.90 Å². The van der Waals surface area contributed by atoms with Gasteiger partial charge in [-0.15, -0.1) is 5.92 Å². The summed E-state index contributed by atoms with van der Waals surface area (Å²) in [5.74, 6) is 6.40. The second-order valence-corrected chi connectivity index (χ2v) is 3.51. The van der Waals surface area contributed by atoms with Crippen LogP contribution >= 0.6 is 0 Å². The molecule has 1 heteroatoms. The number of unbranched alkanes of at least 4 members (excludes halogenated alkanes) is 1. The average Bonchev–Trinajstić information content (AvgIpc) is 1.88. The fourth-order valence-electron chi connectivity index (χ4n) is 0.516. The van der Waals surface area contributed by atoms with Crippen LogP contribution in [0.25, 0.3) is 0 Å². The Morgan fingerprint density at radius 2 is 1.82 bits per heavy atom. The van der Waals surface area contributed by atoms with E-state index >= 15 is 0 Å². The Hall–Kier alpha value is -0.480. The topological polar surface area (TPSA) is 3.24 Å². The molecule has 0 radical (unpaired) electrons. The molecule has 0 fully saturated rings. The van der Waals surface area contributed by atoms with E-state index in [0.717, 1.165) is 12.8 Å². The van der Waals surface area contributed by atoms with Gasteiger partial charge in [0, 0.05) is 6.42 Å². The summed E-state index contributed by atoms with van der Waals surface area (Å²) in [4.78, 5) is 2.13. The van der Waals surface area contributed by atoms with E-state index in [4.69, 9.17) is 0 Å². The first-order chi connectivity index (χ1) is 5.00. The molecule has 0 aliphatic rings. The Morgan fingerprint density at radius 3 is 2.18 bits per heavy atom. The Labute approximate surface area is 70.8 Å². The standard InChI is InChI=1S/C10H19N/c1-6-7-8-9-10(2,3)11(4)5/h6-7H2,1-5H3. The molecule has 0 spiro atoms. The molecule has 0 atom stereocenters. The minimum Gasteiger partial charge on any atom is -0.294 e. The van der Waals surface area contributed by atoms with Crippen molar-refractivity contribution >= 4 is 0 Å². The van der Waals surface area contributed by atoms with Gasteiger partial charge < -0.3 is 0 Å². The average molecular weight is 153 g/mol.